The minimum absolute atomic E-state index is 0.151. The van der Waals surface area contributed by atoms with Gasteiger partial charge >= 0.3 is 0 Å². The first-order chi connectivity index (χ1) is 8.00. The molecule has 1 aromatic heterocycles. The van der Waals surface area contributed by atoms with Crippen molar-refractivity contribution >= 4 is 17.2 Å². The molecular weight excluding hydrogens is 232 g/mol. The van der Waals surface area contributed by atoms with Crippen molar-refractivity contribution in [1.82, 2.24) is 10.2 Å². The van der Waals surface area contributed by atoms with E-state index in [2.05, 4.69) is 29.8 Å². The van der Waals surface area contributed by atoms with Crippen LogP contribution in [0.25, 0.3) is 0 Å². The fourth-order valence-electron chi connectivity index (χ4n) is 1.48. The molecule has 0 aromatic carbocycles. The fraction of sp³-hybridized carbons (Fsp3) is 0.615. The molecule has 0 fully saturated rings. The Labute approximate surface area is 108 Å². The highest BCUT2D eigenvalue weighted by Crippen LogP contribution is 2.10. The highest BCUT2D eigenvalue weighted by molar-refractivity contribution is 7.09. The number of nitrogens with zero attached hydrogens (tertiary/aromatic N) is 1. The minimum Gasteiger partial charge on any atom is -0.342 e. The SMILES string of the molecule is CC(Cc1cccs1)NCC(=O)N(C)C(C)C. The van der Waals surface area contributed by atoms with E-state index in [9.17, 15) is 4.79 Å². The summed E-state index contributed by atoms with van der Waals surface area (Å²) in [5.41, 5.74) is 0. The fourth-order valence-corrected chi connectivity index (χ4v) is 2.31. The van der Waals surface area contributed by atoms with Crippen molar-refractivity contribution in [3.8, 4) is 0 Å². The maximum atomic E-state index is 11.8. The molecule has 0 saturated carbocycles. The van der Waals surface area contributed by atoms with Gasteiger partial charge in [-0.1, -0.05) is 6.07 Å². The van der Waals surface area contributed by atoms with Gasteiger partial charge in [0.05, 0.1) is 6.54 Å². The van der Waals surface area contributed by atoms with Gasteiger partial charge in [0.25, 0.3) is 0 Å². The Kier molecular flexibility index (Phi) is 5.65. The lowest BCUT2D eigenvalue weighted by Crippen LogP contribution is -2.42. The van der Waals surface area contributed by atoms with Gasteiger partial charge in [-0.25, -0.2) is 0 Å². The highest BCUT2D eigenvalue weighted by atomic mass is 32.1. The molecule has 1 aromatic rings. The largest absolute Gasteiger partial charge is 0.342 e. The number of carbonyl (C=O) groups is 1. The summed E-state index contributed by atoms with van der Waals surface area (Å²) >= 11 is 1.76. The van der Waals surface area contributed by atoms with Crippen molar-refractivity contribution in [2.24, 2.45) is 0 Å². The summed E-state index contributed by atoms with van der Waals surface area (Å²) in [6.07, 6.45) is 0.982. The van der Waals surface area contributed by atoms with Crippen LogP contribution in [0.2, 0.25) is 0 Å². The lowest BCUT2D eigenvalue weighted by molar-refractivity contribution is -0.130. The third-order valence-electron chi connectivity index (χ3n) is 2.86. The smallest absolute Gasteiger partial charge is 0.236 e. The zero-order valence-electron chi connectivity index (χ0n) is 11.1. The predicted molar refractivity (Wildman–Crippen MR) is 73.4 cm³/mol. The maximum Gasteiger partial charge on any atom is 0.236 e. The van der Waals surface area contributed by atoms with E-state index in [1.807, 2.05) is 20.9 Å². The molecule has 1 heterocycles. The molecule has 1 N–H and O–H groups in total. The molecule has 0 saturated heterocycles. The van der Waals surface area contributed by atoms with Crippen LogP contribution in [0.15, 0.2) is 17.5 Å². The number of rotatable bonds is 6. The second kappa shape index (κ2) is 6.77. The lowest BCUT2D eigenvalue weighted by atomic mass is 10.2. The van der Waals surface area contributed by atoms with Gasteiger partial charge in [0, 0.05) is 24.0 Å². The van der Waals surface area contributed by atoms with E-state index < -0.39 is 0 Å². The molecule has 0 aliphatic rings. The summed E-state index contributed by atoms with van der Waals surface area (Å²) in [4.78, 5) is 14.9. The van der Waals surface area contributed by atoms with Crippen LogP contribution in [0.1, 0.15) is 25.6 Å². The minimum atomic E-state index is 0.151. The summed E-state index contributed by atoms with van der Waals surface area (Å²) in [5, 5.41) is 5.35. The van der Waals surface area contributed by atoms with Gasteiger partial charge in [-0.3, -0.25) is 4.79 Å². The first-order valence-electron chi connectivity index (χ1n) is 6.02. The Morgan fingerprint density at radius 2 is 2.18 bits per heavy atom. The van der Waals surface area contributed by atoms with Crippen molar-refractivity contribution in [3.63, 3.8) is 0 Å². The molecule has 0 aliphatic heterocycles. The van der Waals surface area contributed by atoms with Gasteiger partial charge in [-0.05, 0) is 38.6 Å². The standard InChI is InChI=1S/C13H22N2OS/c1-10(2)15(4)13(16)9-14-11(3)8-12-6-5-7-17-12/h5-7,10-11,14H,8-9H2,1-4H3. The van der Waals surface area contributed by atoms with Crippen molar-refractivity contribution in [2.75, 3.05) is 13.6 Å². The van der Waals surface area contributed by atoms with Crippen LogP contribution in [-0.2, 0) is 11.2 Å². The van der Waals surface area contributed by atoms with E-state index in [-0.39, 0.29) is 11.9 Å². The van der Waals surface area contributed by atoms with Gasteiger partial charge in [-0.2, -0.15) is 0 Å². The topological polar surface area (TPSA) is 32.3 Å². The van der Waals surface area contributed by atoms with Gasteiger partial charge < -0.3 is 10.2 Å². The molecule has 1 unspecified atom stereocenters. The molecule has 96 valence electrons. The van der Waals surface area contributed by atoms with E-state index >= 15 is 0 Å². The number of nitrogens with one attached hydrogen (secondary N) is 1. The molecular formula is C13H22N2OS. The number of likely N-dealkylation sites (N-methyl/N-ethyl adjacent to an activating group) is 1. The van der Waals surface area contributed by atoms with Crippen molar-refractivity contribution < 1.29 is 4.79 Å². The summed E-state index contributed by atoms with van der Waals surface area (Å²) in [5.74, 6) is 0.151. The quantitative estimate of drug-likeness (QED) is 0.843. The number of amides is 1. The second-order valence-electron chi connectivity index (χ2n) is 4.66. The first kappa shape index (κ1) is 14.2. The third-order valence-corrected chi connectivity index (χ3v) is 3.76. The second-order valence-corrected chi connectivity index (χ2v) is 5.70. The molecule has 17 heavy (non-hydrogen) atoms. The number of thiophene rings is 1. The van der Waals surface area contributed by atoms with E-state index in [1.54, 1.807) is 16.2 Å². The molecule has 0 radical (unpaired) electrons. The predicted octanol–water partition coefficient (Wildman–Crippen LogP) is 2.14. The number of carbonyl (C=O) groups excluding carboxylic acids is 1. The van der Waals surface area contributed by atoms with Gasteiger partial charge in [-0.15, -0.1) is 11.3 Å². The monoisotopic (exact) mass is 254 g/mol. The molecule has 0 aliphatic carbocycles. The molecule has 4 heteroatoms. The van der Waals surface area contributed by atoms with Crippen LogP contribution < -0.4 is 5.32 Å². The molecule has 1 amide bonds. The van der Waals surface area contributed by atoms with Crippen LogP contribution in [-0.4, -0.2) is 36.5 Å². The third kappa shape index (κ3) is 4.88. The van der Waals surface area contributed by atoms with E-state index in [4.69, 9.17) is 0 Å². The Balaban J connectivity index is 2.28. The molecule has 1 rings (SSSR count). The Bertz CT molecular complexity index is 335. The van der Waals surface area contributed by atoms with Crippen molar-refractivity contribution in [1.29, 1.82) is 0 Å². The van der Waals surface area contributed by atoms with Crippen LogP contribution in [0.5, 0.6) is 0 Å². The lowest BCUT2D eigenvalue weighted by Gasteiger charge is -2.22. The van der Waals surface area contributed by atoms with Crippen LogP contribution in [0, 0.1) is 0 Å². The molecule has 0 bridgehead atoms. The first-order valence-corrected chi connectivity index (χ1v) is 6.90. The number of hydrogen-bond donors (Lipinski definition) is 1. The van der Waals surface area contributed by atoms with E-state index in [0.717, 1.165) is 6.42 Å². The van der Waals surface area contributed by atoms with E-state index in [0.29, 0.717) is 12.6 Å². The Hall–Kier alpha value is -0.870. The van der Waals surface area contributed by atoms with Gasteiger partial charge in [0.15, 0.2) is 0 Å². The van der Waals surface area contributed by atoms with Gasteiger partial charge in [0.1, 0.15) is 0 Å². The van der Waals surface area contributed by atoms with Crippen LogP contribution in [0.4, 0.5) is 0 Å². The number of hydrogen-bond acceptors (Lipinski definition) is 3. The van der Waals surface area contributed by atoms with Crippen LogP contribution in [0.3, 0.4) is 0 Å². The molecule has 0 spiro atoms. The maximum absolute atomic E-state index is 11.8. The zero-order chi connectivity index (χ0) is 12.8. The average molecular weight is 254 g/mol. The van der Waals surface area contributed by atoms with Crippen molar-refractivity contribution in [2.45, 2.75) is 39.3 Å². The zero-order valence-corrected chi connectivity index (χ0v) is 11.9. The van der Waals surface area contributed by atoms with E-state index in [1.165, 1.54) is 4.88 Å². The summed E-state index contributed by atoms with van der Waals surface area (Å²) in [6.45, 7) is 6.57. The van der Waals surface area contributed by atoms with Crippen LogP contribution >= 0.6 is 11.3 Å². The summed E-state index contributed by atoms with van der Waals surface area (Å²) in [6, 6.07) is 4.78. The summed E-state index contributed by atoms with van der Waals surface area (Å²) < 4.78 is 0. The highest BCUT2D eigenvalue weighted by Gasteiger charge is 2.12. The Morgan fingerprint density at radius 1 is 1.47 bits per heavy atom. The van der Waals surface area contributed by atoms with Crippen molar-refractivity contribution in [3.05, 3.63) is 22.4 Å². The Morgan fingerprint density at radius 3 is 2.71 bits per heavy atom. The normalized spacial score (nSPS) is 12.8. The summed E-state index contributed by atoms with van der Waals surface area (Å²) in [7, 11) is 1.85. The average Bonchev–Trinajstić information content (AvgIpc) is 2.77. The molecule has 1 atom stereocenters. The molecule has 3 nitrogen and oxygen atoms in total. The van der Waals surface area contributed by atoms with Gasteiger partial charge in [0.2, 0.25) is 5.91 Å².